The lowest BCUT2D eigenvalue weighted by atomic mass is 10.0. The van der Waals surface area contributed by atoms with Crippen LogP contribution in [-0.4, -0.2) is 66.3 Å². The van der Waals surface area contributed by atoms with Crippen molar-refractivity contribution in [3.05, 3.63) is 60.8 Å². The van der Waals surface area contributed by atoms with Crippen LogP contribution in [0.4, 0.5) is 0 Å². The summed E-state index contributed by atoms with van der Waals surface area (Å²) in [6.07, 6.45) is 53.6. The van der Waals surface area contributed by atoms with Gasteiger partial charge in [-0.3, -0.25) is 13.8 Å². The molecule has 0 spiro atoms. The highest BCUT2D eigenvalue weighted by Crippen LogP contribution is 2.43. The summed E-state index contributed by atoms with van der Waals surface area (Å²) < 4.78 is 33.3. The number of hydrogen-bond donors (Lipinski definition) is 3. The van der Waals surface area contributed by atoms with Crippen molar-refractivity contribution in [1.29, 1.82) is 0 Å². The predicted octanol–water partition coefficient (Wildman–Crippen LogP) is 13.5. The maximum absolute atomic E-state index is 12.6. The van der Waals surface area contributed by atoms with Crippen LogP contribution in [0.2, 0.25) is 0 Å². The van der Waals surface area contributed by atoms with Gasteiger partial charge in [0.05, 0.1) is 33.0 Å². The van der Waals surface area contributed by atoms with Crippen LogP contribution < -0.4 is 0 Å². The summed E-state index contributed by atoms with van der Waals surface area (Å²) in [7, 11) is -4.54. The largest absolute Gasteiger partial charge is 0.472 e. The van der Waals surface area contributed by atoms with E-state index in [1.54, 1.807) is 0 Å². The van der Waals surface area contributed by atoms with Gasteiger partial charge in [-0.15, -0.1) is 0 Å². The number of aliphatic hydroxyl groups excluding tert-OH is 2. The zero-order valence-corrected chi connectivity index (χ0v) is 38.6. The van der Waals surface area contributed by atoms with Gasteiger partial charge in [-0.1, -0.05) is 209 Å². The second-order valence-electron chi connectivity index (χ2n) is 15.8. The Bertz CT molecular complexity index is 1100. The van der Waals surface area contributed by atoms with E-state index >= 15 is 0 Å². The molecule has 3 unspecified atom stereocenters. The SMILES string of the molecule is CC/C=C\C/C=C\C/C=C\C/C=C\C/C=C\CCOCC(COP(=O)(O)OCC(O)CO)OC(=O)CCCCCCCCCCCCCCCCCCCCCCCC. The quantitative estimate of drug-likeness (QED) is 0.0237. The standard InChI is InChI=1S/C49H89O9P/c1-3-5-7-9-11-13-15-17-19-21-22-23-24-25-26-27-29-31-33-35-37-39-41-49(52)58-48(46-57-59(53,54)56-44-47(51)43-50)45-55-42-40-38-36-34-32-30-28-20-18-16-14-12-10-8-6-4-2/h6,8,12,14,18,20,30,32,36,38,47-48,50-51H,3-5,7,9-11,13,15-17,19,21-29,31,33-35,37,39-46H2,1-2H3,(H,53,54)/b8-6-,14-12-,20-18-,32-30-,38-36-. The van der Waals surface area contributed by atoms with Gasteiger partial charge in [-0.05, 0) is 44.9 Å². The first-order chi connectivity index (χ1) is 28.8. The third-order valence-corrected chi connectivity index (χ3v) is 10.9. The summed E-state index contributed by atoms with van der Waals surface area (Å²) in [5, 5.41) is 18.4. The normalized spacial score (nSPS) is 14.5. The Kier molecular flexibility index (Phi) is 44.3. The topological polar surface area (TPSA) is 132 Å². The summed E-state index contributed by atoms with van der Waals surface area (Å²) in [6.45, 7) is 3.20. The summed E-state index contributed by atoms with van der Waals surface area (Å²) in [6, 6.07) is 0. The average Bonchev–Trinajstić information content (AvgIpc) is 3.23. The summed E-state index contributed by atoms with van der Waals surface area (Å²) in [4.78, 5) is 22.6. The highest BCUT2D eigenvalue weighted by molar-refractivity contribution is 7.47. The van der Waals surface area contributed by atoms with Crippen LogP contribution in [0.3, 0.4) is 0 Å². The molecule has 344 valence electrons. The molecule has 0 aromatic rings. The minimum absolute atomic E-state index is 0.00489. The predicted molar refractivity (Wildman–Crippen MR) is 246 cm³/mol. The smallest absolute Gasteiger partial charge is 0.457 e. The van der Waals surface area contributed by atoms with Gasteiger partial charge in [0.15, 0.2) is 0 Å². The van der Waals surface area contributed by atoms with Crippen LogP contribution in [0.5, 0.6) is 0 Å². The Hall–Kier alpha value is -1.84. The number of ether oxygens (including phenoxy) is 2. The van der Waals surface area contributed by atoms with Gasteiger partial charge >= 0.3 is 13.8 Å². The summed E-state index contributed by atoms with van der Waals surface area (Å²) in [5.74, 6) is -0.405. The number of esters is 1. The molecule has 0 saturated heterocycles. The van der Waals surface area contributed by atoms with E-state index in [0.29, 0.717) is 13.0 Å². The van der Waals surface area contributed by atoms with Crippen molar-refractivity contribution in [3.63, 3.8) is 0 Å². The zero-order chi connectivity index (χ0) is 43.2. The molecular formula is C49H89O9P. The summed E-state index contributed by atoms with van der Waals surface area (Å²) in [5.41, 5.74) is 0. The van der Waals surface area contributed by atoms with Crippen LogP contribution in [0.1, 0.15) is 200 Å². The van der Waals surface area contributed by atoms with Crippen LogP contribution >= 0.6 is 7.82 Å². The lowest BCUT2D eigenvalue weighted by Gasteiger charge is -2.20. The molecule has 9 nitrogen and oxygen atoms in total. The highest BCUT2D eigenvalue weighted by atomic mass is 31.2. The third kappa shape index (κ3) is 45.5. The van der Waals surface area contributed by atoms with Gasteiger partial charge in [0.1, 0.15) is 12.2 Å². The van der Waals surface area contributed by atoms with E-state index in [9.17, 15) is 19.4 Å². The number of phosphoric ester groups is 1. The van der Waals surface area contributed by atoms with Crippen molar-refractivity contribution in [2.45, 2.75) is 212 Å². The molecule has 0 fully saturated rings. The monoisotopic (exact) mass is 853 g/mol. The number of carbonyl (C=O) groups is 1. The van der Waals surface area contributed by atoms with Gasteiger partial charge in [0, 0.05) is 6.42 Å². The lowest BCUT2D eigenvalue weighted by Crippen LogP contribution is -2.29. The second-order valence-corrected chi connectivity index (χ2v) is 17.2. The molecule has 0 bridgehead atoms. The fourth-order valence-electron chi connectivity index (χ4n) is 6.42. The first-order valence-corrected chi connectivity index (χ1v) is 25.3. The molecule has 0 aliphatic heterocycles. The highest BCUT2D eigenvalue weighted by Gasteiger charge is 2.26. The lowest BCUT2D eigenvalue weighted by molar-refractivity contribution is -0.154. The van der Waals surface area contributed by atoms with Crippen LogP contribution in [-0.2, 0) is 27.9 Å². The molecule has 59 heavy (non-hydrogen) atoms. The van der Waals surface area contributed by atoms with E-state index in [1.807, 2.05) is 6.08 Å². The number of hydrogen-bond acceptors (Lipinski definition) is 8. The minimum Gasteiger partial charge on any atom is -0.457 e. The van der Waals surface area contributed by atoms with E-state index in [-0.39, 0.29) is 13.0 Å². The molecule has 3 atom stereocenters. The molecule has 10 heteroatoms. The molecular weight excluding hydrogens is 764 g/mol. The van der Waals surface area contributed by atoms with Crippen LogP contribution in [0.25, 0.3) is 0 Å². The fourth-order valence-corrected chi connectivity index (χ4v) is 7.21. The Labute approximate surface area is 361 Å². The van der Waals surface area contributed by atoms with Crippen molar-refractivity contribution < 1.29 is 43.0 Å². The van der Waals surface area contributed by atoms with Gasteiger partial charge in [0.25, 0.3) is 0 Å². The molecule has 0 radical (unpaired) electrons. The average molecular weight is 853 g/mol. The first-order valence-electron chi connectivity index (χ1n) is 23.8. The van der Waals surface area contributed by atoms with Crippen molar-refractivity contribution >= 4 is 13.8 Å². The van der Waals surface area contributed by atoms with Gasteiger partial charge in [0.2, 0.25) is 0 Å². The molecule has 0 rings (SSSR count). The van der Waals surface area contributed by atoms with Crippen LogP contribution in [0.15, 0.2) is 60.8 Å². The van der Waals surface area contributed by atoms with Gasteiger partial charge in [-0.2, -0.15) is 0 Å². The number of phosphoric acid groups is 1. The van der Waals surface area contributed by atoms with E-state index < -0.39 is 45.8 Å². The van der Waals surface area contributed by atoms with Crippen molar-refractivity contribution in [2.75, 3.05) is 33.0 Å². The Morgan fingerprint density at radius 3 is 1.36 bits per heavy atom. The van der Waals surface area contributed by atoms with Crippen LogP contribution in [0, 0.1) is 0 Å². The fraction of sp³-hybridized carbons (Fsp3) is 0.776. The number of allylic oxidation sites excluding steroid dienone is 9. The van der Waals surface area contributed by atoms with Crippen molar-refractivity contribution in [3.8, 4) is 0 Å². The van der Waals surface area contributed by atoms with Crippen molar-refractivity contribution in [2.24, 2.45) is 0 Å². The number of carbonyl (C=O) groups excluding carboxylic acids is 1. The van der Waals surface area contributed by atoms with E-state index in [1.165, 1.54) is 122 Å². The molecule has 0 aromatic heterocycles. The first kappa shape index (κ1) is 57.2. The number of unbranched alkanes of at least 4 members (excludes halogenated alkanes) is 21. The summed E-state index contributed by atoms with van der Waals surface area (Å²) >= 11 is 0. The molecule has 0 aliphatic carbocycles. The molecule has 3 N–H and O–H groups in total. The van der Waals surface area contributed by atoms with Crippen molar-refractivity contribution in [1.82, 2.24) is 0 Å². The number of aliphatic hydroxyl groups is 2. The maximum atomic E-state index is 12.6. The minimum atomic E-state index is -4.54. The van der Waals surface area contributed by atoms with E-state index in [0.717, 1.165) is 51.4 Å². The van der Waals surface area contributed by atoms with E-state index in [4.69, 9.17) is 23.6 Å². The molecule has 0 aromatic carbocycles. The molecule has 0 amide bonds. The molecule has 0 aliphatic rings. The number of rotatable bonds is 45. The second kappa shape index (κ2) is 45.7. The van der Waals surface area contributed by atoms with E-state index in [2.05, 4.69) is 68.5 Å². The van der Waals surface area contributed by atoms with Gasteiger partial charge in [-0.25, -0.2) is 4.57 Å². The molecule has 0 heterocycles. The molecule has 0 saturated carbocycles. The Balaban J connectivity index is 4.16. The Morgan fingerprint density at radius 1 is 0.542 bits per heavy atom. The van der Waals surface area contributed by atoms with Gasteiger partial charge < -0.3 is 24.6 Å². The zero-order valence-electron chi connectivity index (χ0n) is 37.7. The Morgan fingerprint density at radius 2 is 0.932 bits per heavy atom. The maximum Gasteiger partial charge on any atom is 0.472 e. The third-order valence-electron chi connectivity index (χ3n) is 9.99.